The summed E-state index contributed by atoms with van der Waals surface area (Å²) in [7, 11) is 0. The normalized spacial score (nSPS) is 21.3. The van der Waals surface area contributed by atoms with Crippen LogP contribution < -0.4 is 15.8 Å². The summed E-state index contributed by atoms with van der Waals surface area (Å²) in [5, 5.41) is 14.9. The number of nitrogens with one attached hydrogen (secondary N) is 1. The lowest BCUT2D eigenvalue weighted by atomic mass is 9.84. The topological polar surface area (TPSA) is 153 Å². The molecule has 2 aliphatic heterocycles. The predicted molar refractivity (Wildman–Crippen MR) is 147 cm³/mol. The molecule has 1 aliphatic carbocycles. The van der Waals surface area contributed by atoms with Gasteiger partial charge in [0.05, 0.1) is 29.7 Å². The fourth-order valence-corrected chi connectivity index (χ4v) is 5.14. The number of likely N-dealkylation sites (tertiary alicyclic amines) is 1. The maximum absolute atomic E-state index is 12.5. The number of amides is 1. The van der Waals surface area contributed by atoms with Gasteiger partial charge in [-0.3, -0.25) is 4.79 Å². The summed E-state index contributed by atoms with van der Waals surface area (Å²) in [4.78, 5) is 40.3. The van der Waals surface area contributed by atoms with E-state index in [1.54, 1.807) is 29.4 Å². The quantitative estimate of drug-likeness (QED) is 0.393. The van der Waals surface area contributed by atoms with Gasteiger partial charge in [0, 0.05) is 23.9 Å². The van der Waals surface area contributed by atoms with Crippen LogP contribution in [0.1, 0.15) is 75.0 Å². The molecule has 6 rings (SSSR count). The van der Waals surface area contributed by atoms with Crippen LogP contribution in [0.5, 0.6) is 5.88 Å². The summed E-state index contributed by atoms with van der Waals surface area (Å²) in [5.74, 6) is 0.814. The summed E-state index contributed by atoms with van der Waals surface area (Å²) in [6.45, 7) is 10.4. The number of ether oxygens (including phenoxy) is 2. The molecule has 1 saturated carbocycles. The van der Waals surface area contributed by atoms with Crippen molar-refractivity contribution in [1.82, 2.24) is 19.9 Å². The summed E-state index contributed by atoms with van der Waals surface area (Å²) in [6, 6.07) is 5.34. The number of nitrogens with zero attached hydrogens (tertiary/aromatic N) is 4. The molecule has 3 aromatic rings. The number of hydrogen-bond donors (Lipinski definition) is 3. The van der Waals surface area contributed by atoms with Crippen LogP contribution >= 0.6 is 0 Å². The van der Waals surface area contributed by atoms with E-state index in [1.165, 1.54) is 0 Å². The summed E-state index contributed by atoms with van der Waals surface area (Å²) in [5.41, 5.74) is 5.93. The second-order valence-corrected chi connectivity index (χ2v) is 12.3. The minimum absolute atomic E-state index is 0.0909. The second-order valence-electron chi connectivity index (χ2n) is 12.3. The Morgan fingerprint density at radius 3 is 2.58 bits per heavy atom. The lowest BCUT2D eigenvalue weighted by Crippen LogP contribution is -2.59. The number of carbonyl (C=O) groups excluding carboxylic acids is 2. The van der Waals surface area contributed by atoms with Crippen molar-refractivity contribution in [3.8, 4) is 5.88 Å². The van der Waals surface area contributed by atoms with E-state index < -0.39 is 16.7 Å². The molecule has 4 N–H and O–H groups in total. The highest BCUT2D eigenvalue weighted by molar-refractivity contribution is 5.93. The third-order valence-corrected chi connectivity index (χ3v) is 8.17. The fraction of sp³-hybridized carbons (Fsp3) is 0.483. The first-order valence-electron chi connectivity index (χ1n) is 13.5. The Morgan fingerprint density at radius 2 is 1.90 bits per heavy atom. The molecule has 11 heteroatoms. The largest absolute Gasteiger partial charge is 0.470 e. The minimum atomic E-state index is -1.18. The van der Waals surface area contributed by atoms with E-state index in [0.717, 1.165) is 10.9 Å². The molecule has 3 aliphatic rings. The third kappa shape index (κ3) is 4.52. The van der Waals surface area contributed by atoms with Gasteiger partial charge in [-0.15, -0.1) is 0 Å². The van der Waals surface area contributed by atoms with Crippen LogP contribution in [0.25, 0.3) is 10.8 Å². The number of rotatable bonds is 6. The Morgan fingerprint density at radius 1 is 1.18 bits per heavy atom. The molecule has 3 aromatic heterocycles. The Bertz CT molecular complexity index is 1540. The van der Waals surface area contributed by atoms with Gasteiger partial charge < -0.3 is 30.5 Å². The van der Waals surface area contributed by atoms with Crippen LogP contribution in [0, 0.1) is 0 Å². The molecule has 11 nitrogen and oxygen atoms in total. The van der Waals surface area contributed by atoms with E-state index >= 15 is 0 Å². The molecular weight excluding hydrogens is 512 g/mol. The highest BCUT2D eigenvalue weighted by Gasteiger charge is 2.52. The van der Waals surface area contributed by atoms with Crippen molar-refractivity contribution in [2.45, 2.75) is 76.2 Å². The van der Waals surface area contributed by atoms with E-state index in [2.05, 4.69) is 15.3 Å². The van der Waals surface area contributed by atoms with Crippen molar-refractivity contribution in [2.75, 3.05) is 18.4 Å². The smallest absolute Gasteiger partial charge is 0.340 e. The summed E-state index contributed by atoms with van der Waals surface area (Å²) < 4.78 is 11.7. The Kier molecular flexibility index (Phi) is 5.83. The summed E-state index contributed by atoms with van der Waals surface area (Å²) >= 11 is 0. The average molecular weight is 547 g/mol. The Hall–Kier alpha value is -3.83. The number of cyclic esters (lactones) is 1. The molecule has 1 atom stereocenters. The van der Waals surface area contributed by atoms with Crippen LogP contribution in [-0.4, -0.2) is 67.2 Å². The van der Waals surface area contributed by atoms with Gasteiger partial charge in [-0.2, -0.15) is 0 Å². The van der Waals surface area contributed by atoms with E-state index in [-0.39, 0.29) is 23.9 Å². The van der Waals surface area contributed by atoms with Gasteiger partial charge in [-0.05, 0) is 69.7 Å². The zero-order valence-corrected chi connectivity index (χ0v) is 23.3. The van der Waals surface area contributed by atoms with Gasteiger partial charge in [0.2, 0.25) is 5.88 Å². The number of fused-ring (bicyclic) bond motifs is 2. The zero-order valence-electron chi connectivity index (χ0n) is 23.3. The highest BCUT2D eigenvalue weighted by Crippen LogP contribution is 2.40. The van der Waals surface area contributed by atoms with Crippen LogP contribution in [0.3, 0.4) is 0 Å². The first kappa shape index (κ1) is 26.4. The molecule has 2 fully saturated rings. The lowest BCUT2D eigenvalue weighted by molar-refractivity contribution is -0.151. The molecule has 0 unspecified atom stereocenters. The van der Waals surface area contributed by atoms with Gasteiger partial charge in [0.25, 0.3) is 5.91 Å². The molecule has 0 radical (unpaired) electrons. The zero-order chi connectivity index (χ0) is 28.6. The molecule has 0 bridgehead atoms. The first-order valence-corrected chi connectivity index (χ1v) is 13.5. The van der Waals surface area contributed by atoms with Crippen molar-refractivity contribution in [3.05, 3.63) is 47.4 Å². The van der Waals surface area contributed by atoms with E-state index in [4.69, 9.17) is 20.2 Å². The number of hydrogen-bond acceptors (Lipinski definition) is 10. The van der Waals surface area contributed by atoms with E-state index in [1.807, 2.05) is 40.7 Å². The summed E-state index contributed by atoms with van der Waals surface area (Å²) in [6.07, 6.45) is 4.20. The number of pyridine rings is 3. The molecule has 0 spiro atoms. The molecule has 0 aromatic carbocycles. The van der Waals surface area contributed by atoms with Gasteiger partial charge in [0.15, 0.2) is 0 Å². The first-order chi connectivity index (χ1) is 18.7. The van der Waals surface area contributed by atoms with Gasteiger partial charge in [-0.1, -0.05) is 6.92 Å². The van der Waals surface area contributed by atoms with Crippen molar-refractivity contribution < 1.29 is 24.2 Å². The lowest BCUT2D eigenvalue weighted by Gasteiger charge is -2.40. The molecule has 210 valence electrons. The monoisotopic (exact) mass is 546 g/mol. The predicted octanol–water partition coefficient (Wildman–Crippen LogP) is 3.13. The number of carbonyl (C=O) groups is 2. The molecule has 1 amide bonds. The van der Waals surface area contributed by atoms with E-state index in [9.17, 15) is 14.7 Å². The Labute approximate surface area is 232 Å². The van der Waals surface area contributed by atoms with Crippen molar-refractivity contribution >= 4 is 34.3 Å². The van der Waals surface area contributed by atoms with Crippen molar-refractivity contribution in [2.24, 2.45) is 5.73 Å². The standard InChI is InChI=1S/C29H34N6O5/c1-15-23-17(25(36)40-28(15,4)5)6-7-21(34-23)33-22-10-18-19(11-31-22)24(32-12-20(18)27(2,3)30)39-16-13-35(14-16)26(37)29(38)8-9-29/h6-7,10-12,15-16,38H,8-9,13-14,30H2,1-5H3,(H,31,33,34)/t15-/m1/s1. The number of aromatic nitrogens is 3. The molecular formula is C29H34N6O5. The number of anilines is 2. The van der Waals surface area contributed by atoms with Crippen LogP contribution in [0.4, 0.5) is 11.6 Å². The Balaban J connectivity index is 1.27. The number of esters is 1. The maximum Gasteiger partial charge on any atom is 0.340 e. The van der Waals surface area contributed by atoms with Gasteiger partial charge in [-0.25, -0.2) is 19.7 Å². The van der Waals surface area contributed by atoms with Crippen LogP contribution in [0.15, 0.2) is 30.6 Å². The van der Waals surface area contributed by atoms with E-state index in [0.29, 0.717) is 60.1 Å². The molecule has 5 heterocycles. The third-order valence-electron chi connectivity index (χ3n) is 8.17. The van der Waals surface area contributed by atoms with Gasteiger partial charge >= 0.3 is 5.97 Å². The molecule has 1 saturated heterocycles. The second kappa shape index (κ2) is 8.84. The van der Waals surface area contributed by atoms with Crippen molar-refractivity contribution in [1.29, 1.82) is 0 Å². The number of nitrogens with two attached hydrogens (primary N) is 1. The van der Waals surface area contributed by atoms with Crippen molar-refractivity contribution in [3.63, 3.8) is 0 Å². The van der Waals surface area contributed by atoms with Gasteiger partial charge in [0.1, 0.15) is 28.9 Å². The average Bonchev–Trinajstić information content (AvgIpc) is 3.61. The maximum atomic E-state index is 12.5. The minimum Gasteiger partial charge on any atom is -0.470 e. The highest BCUT2D eigenvalue weighted by atomic mass is 16.6. The van der Waals surface area contributed by atoms with Crippen LogP contribution in [0.2, 0.25) is 0 Å². The molecule has 40 heavy (non-hydrogen) atoms. The number of aliphatic hydroxyl groups is 1. The van der Waals surface area contributed by atoms with Crippen LogP contribution in [-0.2, 0) is 15.1 Å². The SMILES string of the molecule is C[C@@H]1c2nc(Nc3cc4c(C(C)(C)N)cnc(OC5CN(C(=O)C6(O)CC6)C5)c4cn3)ccc2C(=O)OC1(C)C. The fourth-order valence-electron chi connectivity index (χ4n) is 5.14.